The van der Waals surface area contributed by atoms with Gasteiger partial charge in [0, 0.05) is 6.54 Å². The number of nitrogens with zero attached hydrogens (tertiary/aromatic N) is 1. The second-order valence-electron chi connectivity index (χ2n) is 4.54. The molecule has 1 aromatic carbocycles. The summed E-state index contributed by atoms with van der Waals surface area (Å²) in [4.78, 5) is 11.9. The molecule has 1 aromatic rings. The van der Waals surface area contributed by atoms with Gasteiger partial charge in [-0.3, -0.25) is 4.79 Å². The molecule has 0 spiro atoms. The van der Waals surface area contributed by atoms with Crippen LogP contribution in [-0.4, -0.2) is 23.5 Å². The maximum Gasteiger partial charge on any atom is 0.230 e. The van der Waals surface area contributed by atoms with Gasteiger partial charge in [0.1, 0.15) is 0 Å². The van der Waals surface area contributed by atoms with Gasteiger partial charge in [-0.15, -0.1) is 0 Å². The van der Waals surface area contributed by atoms with Crippen LogP contribution in [0.1, 0.15) is 31.7 Å². The van der Waals surface area contributed by atoms with Crippen molar-refractivity contribution in [2.75, 3.05) is 6.54 Å². The molecule has 0 bridgehead atoms. The molecular weight excluding hydrogens is 242 g/mol. The van der Waals surface area contributed by atoms with Crippen LogP contribution in [0.3, 0.4) is 0 Å². The number of hydrogen-bond acceptors (Lipinski definition) is 3. The molecule has 0 aliphatic heterocycles. The molecule has 0 aliphatic carbocycles. The lowest BCUT2D eigenvalue weighted by Crippen LogP contribution is -2.39. The summed E-state index contributed by atoms with van der Waals surface area (Å²) in [6.45, 7) is 4.39. The molecule has 1 amide bonds. The molecule has 2 atom stereocenters. The molecule has 4 N–H and O–H groups in total. The zero-order valence-electron chi connectivity index (χ0n) is 11.3. The topological polar surface area (TPSA) is 87.7 Å². The van der Waals surface area contributed by atoms with E-state index in [1.165, 1.54) is 5.56 Å². The Kier molecular flexibility index (Phi) is 5.85. The fourth-order valence-electron chi connectivity index (χ4n) is 1.87. The maximum atomic E-state index is 11.9. The predicted octanol–water partition coefficient (Wildman–Crippen LogP) is 1.68. The summed E-state index contributed by atoms with van der Waals surface area (Å²) in [5.74, 6) is -0.615. The van der Waals surface area contributed by atoms with Crippen molar-refractivity contribution < 1.29 is 10.0 Å². The summed E-state index contributed by atoms with van der Waals surface area (Å²) in [6, 6.07) is 9.95. The average molecular weight is 263 g/mol. The Labute approximate surface area is 113 Å². The van der Waals surface area contributed by atoms with Crippen LogP contribution < -0.4 is 11.1 Å². The Bertz CT molecular complexity index is 432. The number of nitrogens with two attached hydrogens (primary N) is 1. The lowest BCUT2D eigenvalue weighted by Gasteiger charge is -2.17. The Balaban J connectivity index is 2.54. The van der Waals surface area contributed by atoms with Crippen molar-refractivity contribution in [1.82, 2.24) is 5.32 Å². The smallest absolute Gasteiger partial charge is 0.230 e. The SMILES string of the molecule is CCC(C(=O)NCC(C)c1ccccc1)/C(N)=N/O. The molecule has 5 nitrogen and oxygen atoms in total. The fraction of sp³-hybridized carbons (Fsp3) is 0.429. The lowest BCUT2D eigenvalue weighted by molar-refractivity contribution is -0.123. The van der Waals surface area contributed by atoms with Crippen molar-refractivity contribution in [3.8, 4) is 0 Å². The minimum Gasteiger partial charge on any atom is -0.409 e. The van der Waals surface area contributed by atoms with Gasteiger partial charge in [0.2, 0.25) is 5.91 Å². The number of rotatable bonds is 6. The minimum absolute atomic E-state index is 0.0487. The molecule has 2 unspecified atom stereocenters. The van der Waals surface area contributed by atoms with Gasteiger partial charge in [0.25, 0.3) is 0 Å². The summed E-state index contributed by atoms with van der Waals surface area (Å²) in [6.07, 6.45) is 0.501. The highest BCUT2D eigenvalue weighted by molar-refractivity contribution is 6.01. The number of oxime groups is 1. The number of carbonyl (C=O) groups is 1. The third-order valence-electron chi connectivity index (χ3n) is 3.15. The molecule has 104 valence electrons. The predicted molar refractivity (Wildman–Crippen MR) is 75.1 cm³/mol. The van der Waals surface area contributed by atoms with Gasteiger partial charge in [-0.2, -0.15) is 0 Å². The van der Waals surface area contributed by atoms with E-state index in [0.717, 1.165) is 0 Å². The third kappa shape index (κ3) is 4.28. The van der Waals surface area contributed by atoms with Crippen LogP contribution in [0.15, 0.2) is 35.5 Å². The van der Waals surface area contributed by atoms with Crippen LogP contribution in [-0.2, 0) is 4.79 Å². The highest BCUT2D eigenvalue weighted by Crippen LogP contribution is 2.13. The first kappa shape index (κ1) is 15.0. The summed E-state index contributed by atoms with van der Waals surface area (Å²) < 4.78 is 0. The van der Waals surface area contributed by atoms with E-state index >= 15 is 0 Å². The van der Waals surface area contributed by atoms with E-state index in [4.69, 9.17) is 10.9 Å². The van der Waals surface area contributed by atoms with E-state index in [2.05, 4.69) is 10.5 Å². The zero-order valence-corrected chi connectivity index (χ0v) is 11.3. The summed E-state index contributed by atoms with van der Waals surface area (Å²) in [7, 11) is 0. The third-order valence-corrected chi connectivity index (χ3v) is 3.15. The van der Waals surface area contributed by atoms with Crippen LogP contribution >= 0.6 is 0 Å². The molecule has 0 radical (unpaired) electrons. The van der Waals surface area contributed by atoms with Gasteiger partial charge < -0.3 is 16.3 Å². The van der Waals surface area contributed by atoms with Crippen LogP contribution in [0.5, 0.6) is 0 Å². The largest absolute Gasteiger partial charge is 0.409 e. The van der Waals surface area contributed by atoms with Crippen molar-refractivity contribution in [2.45, 2.75) is 26.2 Å². The van der Waals surface area contributed by atoms with E-state index in [9.17, 15) is 4.79 Å². The summed E-state index contributed by atoms with van der Waals surface area (Å²) in [5.41, 5.74) is 6.65. The number of nitrogens with one attached hydrogen (secondary N) is 1. The van der Waals surface area contributed by atoms with Gasteiger partial charge in [-0.05, 0) is 17.9 Å². The van der Waals surface area contributed by atoms with Gasteiger partial charge in [-0.1, -0.05) is 49.3 Å². The maximum absolute atomic E-state index is 11.9. The number of benzene rings is 1. The van der Waals surface area contributed by atoms with Crippen molar-refractivity contribution in [3.63, 3.8) is 0 Å². The van der Waals surface area contributed by atoms with Crippen molar-refractivity contribution >= 4 is 11.7 Å². The second kappa shape index (κ2) is 7.41. The minimum atomic E-state index is -0.576. The Morgan fingerprint density at radius 3 is 2.58 bits per heavy atom. The van der Waals surface area contributed by atoms with E-state index < -0.39 is 5.92 Å². The highest BCUT2D eigenvalue weighted by Gasteiger charge is 2.21. The van der Waals surface area contributed by atoms with Crippen LogP contribution in [0.25, 0.3) is 0 Å². The van der Waals surface area contributed by atoms with E-state index in [1.54, 1.807) is 0 Å². The summed E-state index contributed by atoms with van der Waals surface area (Å²) >= 11 is 0. The average Bonchev–Trinajstić information content (AvgIpc) is 2.46. The highest BCUT2D eigenvalue weighted by atomic mass is 16.4. The van der Waals surface area contributed by atoms with E-state index in [1.807, 2.05) is 44.2 Å². The molecule has 5 heteroatoms. The number of hydrogen-bond donors (Lipinski definition) is 3. The van der Waals surface area contributed by atoms with Gasteiger partial charge in [-0.25, -0.2) is 0 Å². The Morgan fingerprint density at radius 1 is 1.42 bits per heavy atom. The summed E-state index contributed by atoms with van der Waals surface area (Å²) in [5, 5.41) is 14.4. The zero-order chi connectivity index (χ0) is 14.3. The number of amidine groups is 1. The Hall–Kier alpha value is -2.04. The van der Waals surface area contributed by atoms with Crippen molar-refractivity contribution in [3.05, 3.63) is 35.9 Å². The molecule has 0 saturated heterocycles. The molecule has 0 aliphatic rings. The molecule has 0 saturated carbocycles. The normalized spacial score (nSPS) is 14.7. The van der Waals surface area contributed by atoms with Gasteiger partial charge in [0.15, 0.2) is 5.84 Å². The van der Waals surface area contributed by atoms with E-state index in [0.29, 0.717) is 13.0 Å². The van der Waals surface area contributed by atoms with Crippen molar-refractivity contribution in [2.24, 2.45) is 16.8 Å². The Morgan fingerprint density at radius 2 is 2.05 bits per heavy atom. The first-order chi connectivity index (χ1) is 9.10. The quantitative estimate of drug-likeness (QED) is 0.316. The first-order valence-electron chi connectivity index (χ1n) is 6.40. The molecule has 1 rings (SSSR count). The lowest BCUT2D eigenvalue weighted by atomic mass is 10.00. The molecule has 0 aromatic heterocycles. The van der Waals surface area contributed by atoms with Crippen LogP contribution in [0.4, 0.5) is 0 Å². The van der Waals surface area contributed by atoms with Gasteiger partial charge >= 0.3 is 0 Å². The van der Waals surface area contributed by atoms with Crippen LogP contribution in [0, 0.1) is 5.92 Å². The van der Waals surface area contributed by atoms with Crippen LogP contribution in [0.2, 0.25) is 0 Å². The standard InChI is InChI=1S/C14H21N3O2/c1-3-12(13(15)17-19)14(18)16-9-10(2)11-7-5-4-6-8-11/h4-8,10,12,19H,3,9H2,1-2H3,(H2,15,17)(H,16,18). The molecule has 0 heterocycles. The monoisotopic (exact) mass is 263 g/mol. The van der Waals surface area contributed by atoms with Crippen molar-refractivity contribution in [1.29, 1.82) is 0 Å². The molecule has 0 fully saturated rings. The number of amides is 1. The molecule has 19 heavy (non-hydrogen) atoms. The molecular formula is C14H21N3O2. The second-order valence-corrected chi connectivity index (χ2v) is 4.54. The van der Waals surface area contributed by atoms with E-state index in [-0.39, 0.29) is 17.7 Å². The number of carbonyl (C=O) groups excluding carboxylic acids is 1. The van der Waals surface area contributed by atoms with Gasteiger partial charge in [0.05, 0.1) is 5.92 Å². The fourth-order valence-corrected chi connectivity index (χ4v) is 1.87. The first-order valence-corrected chi connectivity index (χ1v) is 6.40.